The molecule has 3 aromatic rings. The van der Waals surface area contributed by atoms with Gasteiger partial charge in [0.15, 0.2) is 5.69 Å². The topological polar surface area (TPSA) is 80.9 Å². The van der Waals surface area contributed by atoms with Gasteiger partial charge in [0, 0.05) is 39.8 Å². The van der Waals surface area contributed by atoms with Crippen LogP contribution in [0.5, 0.6) is 0 Å². The van der Waals surface area contributed by atoms with Crippen molar-refractivity contribution in [2.45, 2.75) is 25.2 Å². The van der Waals surface area contributed by atoms with Crippen LogP contribution in [0.2, 0.25) is 0 Å². The summed E-state index contributed by atoms with van der Waals surface area (Å²) < 4.78 is 3.13. The van der Waals surface area contributed by atoms with Crippen LogP contribution in [0.25, 0.3) is 16.9 Å². The van der Waals surface area contributed by atoms with Crippen molar-refractivity contribution in [3.05, 3.63) is 58.0 Å². The van der Waals surface area contributed by atoms with Gasteiger partial charge in [0.1, 0.15) is 12.2 Å². The van der Waals surface area contributed by atoms with Gasteiger partial charge in [0.25, 0.3) is 0 Å². The van der Waals surface area contributed by atoms with Gasteiger partial charge in [-0.25, -0.2) is 19.7 Å². The van der Waals surface area contributed by atoms with Gasteiger partial charge in [-0.05, 0) is 31.0 Å². The highest BCUT2D eigenvalue weighted by atomic mass is 79.9. The predicted molar refractivity (Wildman–Crippen MR) is 94.0 cm³/mol. The average molecular weight is 397 g/mol. The first-order chi connectivity index (χ1) is 12.1. The van der Waals surface area contributed by atoms with Crippen molar-refractivity contribution < 1.29 is 9.90 Å². The van der Waals surface area contributed by atoms with E-state index in [4.69, 9.17) is 0 Å². The lowest BCUT2D eigenvalue weighted by atomic mass is 10.0. The molecule has 7 heteroatoms. The maximum atomic E-state index is 11.7. The van der Waals surface area contributed by atoms with E-state index in [9.17, 15) is 9.90 Å². The molecule has 0 unspecified atom stereocenters. The smallest absolute Gasteiger partial charge is 0.354 e. The van der Waals surface area contributed by atoms with Gasteiger partial charge >= 0.3 is 5.97 Å². The molecule has 1 aliphatic carbocycles. The van der Waals surface area contributed by atoms with Gasteiger partial charge in [-0.3, -0.25) is 4.57 Å². The first-order valence-corrected chi connectivity index (χ1v) is 8.86. The molecule has 1 aromatic carbocycles. The van der Waals surface area contributed by atoms with Crippen LogP contribution < -0.4 is 0 Å². The van der Waals surface area contributed by atoms with Crippen LogP contribution in [0.1, 0.15) is 46.3 Å². The largest absolute Gasteiger partial charge is 0.476 e. The highest BCUT2D eigenvalue weighted by Crippen LogP contribution is 2.44. The van der Waals surface area contributed by atoms with Crippen molar-refractivity contribution in [3.8, 4) is 16.9 Å². The number of halogens is 1. The van der Waals surface area contributed by atoms with Crippen molar-refractivity contribution in [1.82, 2.24) is 19.5 Å². The third-order valence-corrected chi connectivity index (χ3v) is 5.26. The van der Waals surface area contributed by atoms with Crippen LogP contribution in [0.4, 0.5) is 0 Å². The van der Waals surface area contributed by atoms with E-state index in [1.165, 1.54) is 6.33 Å². The lowest BCUT2D eigenvalue weighted by Gasteiger charge is -2.13. The number of hydrogen-bond donors (Lipinski definition) is 1. The summed E-state index contributed by atoms with van der Waals surface area (Å²) in [6.45, 7) is 0. The minimum absolute atomic E-state index is 0.0569. The van der Waals surface area contributed by atoms with E-state index in [1.807, 2.05) is 24.4 Å². The molecular formula is C18H13BrN4O2. The molecule has 6 nitrogen and oxygen atoms in total. The summed E-state index contributed by atoms with van der Waals surface area (Å²) in [5, 5.41) is 9.56. The van der Waals surface area contributed by atoms with Gasteiger partial charge in [0.05, 0.1) is 11.4 Å². The van der Waals surface area contributed by atoms with E-state index in [1.54, 1.807) is 0 Å². The van der Waals surface area contributed by atoms with Crippen molar-refractivity contribution in [3.63, 3.8) is 0 Å². The summed E-state index contributed by atoms with van der Waals surface area (Å²) in [4.78, 5) is 24.7. The number of fused-ring (bicyclic) bond motifs is 5. The summed E-state index contributed by atoms with van der Waals surface area (Å²) in [5.74, 6) is 0.492. The van der Waals surface area contributed by atoms with E-state index in [0.717, 1.165) is 40.1 Å². The molecule has 2 aromatic heterocycles. The normalized spacial score (nSPS) is 15.1. The number of aromatic carboxylic acids is 1. The standard InChI is InChI=1S/C18H13BrN4O2/c19-10-3-4-12-14(5-10)23-11(7-20-17(23)9-1-2-9)6-13-15(12)21-8-22-16(13)18(24)25/h3-5,7-9H,1-2,6H2,(H,24,25). The molecule has 0 atom stereocenters. The van der Waals surface area contributed by atoms with Crippen LogP contribution in [0.3, 0.4) is 0 Å². The van der Waals surface area contributed by atoms with Crippen LogP contribution in [0, 0.1) is 0 Å². The second kappa shape index (κ2) is 5.23. The maximum absolute atomic E-state index is 11.7. The van der Waals surface area contributed by atoms with Gasteiger partial charge < -0.3 is 5.11 Å². The number of hydrogen-bond acceptors (Lipinski definition) is 4. The molecule has 0 spiro atoms. The Balaban J connectivity index is 1.87. The van der Waals surface area contributed by atoms with E-state index in [-0.39, 0.29) is 5.69 Å². The summed E-state index contributed by atoms with van der Waals surface area (Å²) in [6.07, 6.45) is 5.92. The molecule has 25 heavy (non-hydrogen) atoms. The Hall–Kier alpha value is -2.54. The zero-order chi connectivity index (χ0) is 17.1. The lowest BCUT2D eigenvalue weighted by molar-refractivity contribution is 0.0689. The molecule has 1 aliphatic heterocycles. The molecule has 0 saturated heterocycles. The molecule has 0 radical (unpaired) electrons. The molecular weight excluding hydrogens is 384 g/mol. The molecule has 0 amide bonds. The zero-order valence-electron chi connectivity index (χ0n) is 13.1. The fourth-order valence-corrected chi connectivity index (χ4v) is 3.85. The summed E-state index contributed by atoms with van der Waals surface area (Å²) in [5.41, 5.74) is 4.23. The monoisotopic (exact) mass is 396 g/mol. The highest BCUT2D eigenvalue weighted by molar-refractivity contribution is 9.10. The van der Waals surface area contributed by atoms with Crippen LogP contribution in [-0.2, 0) is 6.42 Å². The molecule has 124 valence electrons. The third kappa shape index (κ3) is 2.22. The molecule has 1 saturated carbocycles. The number of nitrogens with zero attached hydrogens (tertiary/aromatic N) is 4. The minimum Gasteiger partial charge on any atom is -0.476 e. The van der Waals surface area contributed by atoms with Crippen molar-refractivity contribution >= 4 is 21.9 Å². The molecule has 0 bridgehead atoms. The van der Waals surface area contributed by atoms with Gasteiger partial charge in [0.2, 0.25) is 0 Å². The Kier molecular flexibility index (Phi) is 3.09. The number of imidazole rings is 1. The summed E-state index contributed by atoms with van der Waals surface area (Å²) in [7, 11) is 0. The second-order valence-corrected chi connectivity index (χ2v) is 7.33. The van der Waals surface area contributed by atoms with Gasteiger partial charge in [-0.1, -0.05) is 15.9 Å². The fourth-order valence-electron chi connectivity index (χ4n) is 3.50. The van der Waals surface area contributed by atoms with Crippen molar-refractivity contribution in [2.75, 3.05) is 0 Å². The molecule has 3 heterocycles. The van der Waals surface area contributed by atoms with E-state index >= 15 is 0 Å². The van der Waals surface area contributed by atoms with Gasteiger partial charge in [-0.2, -0.15) is 0 Å². The number of benzene rings is 1. The molecule has 2 aliphatic rings. The Morgan fingerprint density at radius 1 is 1.24 bits per heavy atom. The summed E-state index contributed by atoms with van der Waals surface area (Å²) >= 11 is 3.55. The number of rotatable bonds is 2. The highest BCUT2D eigenvalue weighted by Gasteiger charge is 2.33. The van der Waals surface area contributed by atoms with E-state index in [0.29, 0.717) is 23.6 Å². The molecule has 1 N–H and O–H groups in total. The Morgan fingerprint density at radius 2 is 2.08 bits per heavy atom. The first kappa shape index (κ1) is 14.8. The van der Waals surface area contributed by atoms with Crippen molar-refractivity contribution in [1.29, 1.82) is 0 Å². The summed E-state index contributed by atoms with van der Waals surface area (Å²) in [6, 6.07) is 5.97. The molecule has 5 rings (SSSR count). The fraction of sp³-hybridized carbons (Fsp3) is 0.222. The van der Waals surface area contributed by atoms with Crippen molar-refractivity contribution in [2.24, 2.45) is 0 Å². The third-order valence-electron chi connectivity index (χ3n) is 4.77. The Labute approximate surface area is 151 Å². The van der Waals surface area contributed by atoms with Gasteiger partial charge in [-0.15, -0.1) is 0 Å². The SMILES string of the molecule is O=C(O)c1ncnc2c1Cc1cnc(C3CC3)n1-c1cc(Br)ccc1-2. The lowest BCUT2D eigenvalue weighted by Crippen LogP contribution is -2.09. The molecule has 1 fully saturated rings. The minimum atomic E-state index is -1.03. The maximum Gasteiger partial charge on any atom is 0.354 e. The van der Waals surface area contributed by atoms with E-state index < -0.39 is 5.97 Å². The zero-order valence-corrected chi connectivity index (χ0v) is 14.7. The van der Waals surface area contributed by atoms with E-state index in [2.05, 4.69) is 35.4 Å². The van der Waals surface area contributed by atoms with Crippen LogP contribution in [-0.4, -0.2) is 30.6 Å². The second-order valence-electron chi connectivity index (χ2n) is 6.41. The number of carbonyl (C=O) groups is 1. The number of carboxylic acids is 1. The first-order valence-electron chi connectivity index (χ1n) is 8.07. The number of aromatic nitrogens is 4. The Morgan fingerprint density at radius 3 is 2.84 bits per heavy atom. The van der Waals surface area contributed by atoms with Crippen LogP contribution in [0.15, 0.2) is 35.2 Å². The predicted octanol–water partition coefficient (Wildman–Crippen LogP) is 3.57. The quantitative estimate of drug-likeness (QED) is 0.559. The average Bonchev–Trinajstić information content (AvgIpc) is 3.37. The number of carboxylic acid groups (broad SMARTS) is 1. The Bertz CT molecular complexity index is 1040. The van der Waals surface area contributed by atoms with Crippen LogP contribution >= 0.6 is 15.9 Å².